The van der Waals surface area contributed by atoms with Crippen LogP contribution in [0.1, 0.15) is 41.4 Å². The number of halogens is 1. The Labute approximate surface area is 213 Å². The molecule has 8 heteroatoms. The third-order valence-corrected chi connectivity index (χ3v) is 5.95. The summed E-state index contributed by atoms with van der Waals surface area (Å²) in [6.07, 6.45) is 4.44. The molecule has 33 heavy (non-hydrogen) atoms. The third-order valence-electron chi connectivity index (χ3n) is 5.95. The Morgan fingerprint density at radius 3 is 2.42 bits per heavy atom. The maximum atomic E-state index is 4.59. The average Bonchev–Trinajstić information content (AvgIpc) is 3.46. The molecule has 1 aromatic carbocycles. The van der Waals surface area contributed by atoms with Crippen LogP contribution in [-0.2, 0) is 6.54 Å². The first-order valence-electron chi connectivity index (χ1n) is 11.4. The molecule has 1 atom stereocenters. The molecule has 1 aliphatic heterocycles. The van der Waals surface area contributed by atoms with Crippen LogP contribution in [0.15, 0.2) is 59.7 Å². The molecule has 2 aromatic heterocycles. The van der Waals surface area contributed by atoms with Crippen molar-refractivity contribution in [3.05, 3.63) is 77.2 Å². The van der Waals surface area contributed by atoms with Gasteiger partial charge in [-0.2, -0.15) is 5.10 Å². The quantitative estimate of drug-likeness (QED) is 0.260. The summed E-state index contributed by atoms with van der Waals surface area (Å²) in [5, 5.41) is 11.4. The van der Waals surface area contributed by atoms with Gasteiger partial charge in [0.1, 0.15) is 0 Å². The van der Waals surface area contributed by atoms with Gasteiger partial charge in [0.05, 0.1) is 11.7 Å². The van der Waals surface area contributed by atoms with Gasteiger partial charge in [-0.1, -0.05) is 36.4 Å². The minimum absolute atomic E-state index is 0. The third kappa shape index (κ3) is 6.54. The number of guanidine groups is 1. The van der Waals surface area contributed by atoms with Crippen LogP contribution in [0.2, 0.25) is 0 Å². The van der Waals surface area contributed by atoms with E-state index in [1.165, 1.54) is 18.4 Å². The molecule has 0 amide bonds. The predicted molar refractivity (Wildman–Crippen MR) is 144 cm³/mol. The fourth-order valence-corrected chi connectivity index (χ4v) is 4.29. The Balaban J connectivity index is 0.00000306. The lowest BCUT2D eigenvalue weighted by atomic mass is 10.1. The van der Waals surface area contributed by atoms with Gasteiger partial charge in [-0.05, 0) is 63.0 Å². The van der Waals surface area contributed by atoms with Crippen molar-refractivity contribution in [2.24, 2.45) is 4.99 Å². The molecule has 176 valence electrons. The van der Waals surface area contributed by atoms with Crippen molar-refractivity contribution in [2.45, 2.75) is 39.3 Å². The number of hydrogen-bond donors (Lipinski definition) is 2. The predicted octanol–water partition coefficient (Wildman–Crippen LogP) is 4.00. The van der Waals surface area contributed by atoms with E-state index in [1.54, 1.807) is 0 Å². The normalized spacial score (nSPS) is 15.2. The lowest BCUT2D eigenvalue weighted by Gasteiger charge is -2.29. The number of likely N-dealkylation sites (tertiary alicyclic amines) is 1. The molecule has 1 unspecified atom stereocenters. The van der Waals surface area contributed by atoms with Crippen LogP contribution in [0.3, 0.4) is 0 Å². The molecule has 1 aliphatic rings. The van der Waals surface area contributed by atoms with Gasteiger partial charge >= 0.3 is 0 Å². The summed E-state index contributed by atoms with van der Waals surface area (Å²) in [6.45, 7) is 7.81. The highest BCUT2D eigenvalue weighted by Gasteiger charge is 2.23. The molecule has 1 fully saturated rings. The van der Waals surface area contributed by atoms with Crippen LogP contribution >= 0.6 is 24.0 Å². The SMILES string of the molecule is CN=C(NCc1ccc(-n2nc(C)cc2C)nc1)NCC(c1ccccc1)N1CCCC1.I. The molecule has 2 N–H and O–H groups in total. The Bertz CT molecular complexity index is 1020. The highest BCUT2D eigenvalue weighted by molar-refractivity contribution is 14.0. The molecule has 1 saturated heterocycles. The van der Waals surface area contributed by atoms with E-state index >= 15 is 0 Å². The van der Waals surface area contributed by atoms with Crippen molar-refractivity contribution in [2.75, 3.05) is 26.7 Å². The molecule has 4 rings (SSSR count). The van der Waals surface area contributed by atoms with Crippen molar-refractivity contribution in [1.82, 2.24) is 30.3 Å². The second-order valence-electron chi connectivity index (χ2n) is 8.34. The van der Waals surface area contributed by atoms with Crippen LogP contribution in [0.4, 0.5) is 0 Å². The summed E-state index contributed by atoms with van der Waals surface area (Å²) in [6, 6.07) is 17.2. The zero-order chi connectivity index (χ0) is 22.3. The number of nitrogens with zero attached hydrogens (tertiary/aromatic N) is 5. The van der Waals surface area contributed by atoms with Gasteiger partial charge in [0.15, 0.2) is 11.8 Å². The molecule has 3 aromatic rings. The first-order valence-corrected chi connectivity index (χ1v) is 11.4. The van der Waals surface area contributed by atoms with Gasteiger partial charge in [-0.15, -0.1) is 24.0 Å². The van der Waals surface area contributed by atoms with Gasteiger partial charge in [0, 0.05) is 32.0 Å². The Morgan fingerprint density at radius 1 is 1.06 bits per heavy atom. The molecule has 0 spiro atoms. The number of aliphatic imine (C=N–C) groups is 1. The largest absolute Gasteiger partial charge is 0.354 e. The van der Waals surface area contributed by atoms with E-state index in [-0.39, 0.29) is 24.0 Å². The fourth-order valence-electron chi connectivity index (χ4n) is 4.29. The van der Waals surface area contributed by atoms with E-state index in [2.05, 4.69) is 73.1 Å². The molecule has 3 heterocycles. The van der Waals surface area contributed by atoms with Crippen LogP contribution < -0.4 is 10.6 Å². The standard InChI is InChI=1S/C25H33N7.HI/c1-19-15-20(2)32(30-19)24-12-11-21(16-27-24)17-28-25(26-3)29-18-23(31-13-7-8-14-31)22-9-5-4-6-10-22;/h4-6,9-12,15-16,23H,7-8,13-14,17-18H2,1-3H3,(H2,26,28,29);1H. The van der Waals surface area contributed by atoms with Gasteiger partial charge in [-0.25, -0.2) is 9.67 Å². The van der Waals surface area contributed by atoms with Gasteiger partial charge < -0.3 is 10.6 Å². The number of rotatable bonds is 7. The van der Waals surface area contributed by atoms with Crippen molar-refractivity contribution >= 4 is 29.9 Å². The second kappa shape index (κ2) is 12.1. The van der Waals surface area contributed by atoms with Crippen molar-refractivity contribution in [3.63, 3.8) is 0 Å². The van der Waals surface area contributed by atoms with Crippen molar-refractivity contribution in [1.29, 1.82) is 0 Å². The van der Waals surface area contributed by atoms with E-state index in [4.69, 9.17) is 0 Å². The van der Waals surface area contributed by atoms with E-state index in [1.807, 2.05) is 37.8 Å². The van der Waals surface area contributed by atoms with Crippen LogP contribution in [0.5, 0.6) is 0 Å². The first-order chi connectivity index (χ1) is 15.6. The molecular formula is C25H34IN7. The van der Waals surface area contributed by atoms with E-state index in [0.717, 1.165) is 48.4 Å². The zero-order valence-electron chi connectivity index (χ0n) is 19.7. The van der Waals surface area contributed by atoms with Crippen LogP contribution in [0, 0.1) is 13.8 Å². The fraction of sp³-hybridized carbons (Fsp3) is 0.400. The number of nitrogens with one attached hydrogen (secondary N) is 2. The summed E-state index contributed by atoms with van der Waals surface area (Å²) >= 11 is 0. The first kappa shape index (κ1) is 25.2. The molecule has 0 bridgehead atoms. The minimum Gasteiger partial charge on any atom is -0.354 e. The number of hydrogen-bond acceptors (Lipinski definition) is 4. The van der Waals surface area contributed by atoms with E-state index < -0.39 is 0 Å². The summed E-state index contributed by atoms with van der Waals surface area (Å²) < 4.78 is 1.87. The van der Waals surface area contributed by atoms with Gasteiger partial charge in [0.2, 0.25) is 0 Å². The Morgan fingerprint density at radius 2 is 1.82 bits per heavy atom. The van der Waals surface area contributed by atoms with Crippen molar-refractivity contribution in [3.8, 4) is 5.82 Å². The maximum absolute atomic E-state index is 4.59. The highest BCUT2D eigenvalue weighted by atomic mass is 127. The molecule has 7 nitrogen and oxygen atoms in total. The average molecular weight is 560 g/mol. The summed E-state index contributed by atoms with van der Waals surface area (Å²) in [5.74, 6) is 1.63. The van der Waals surface area contributed by atoms with Crippen LogP contribution in [0.25, 0.3) is 5.82 Å². The summed E-state index contributed by atoms with van der Waals surface area (Å²) in [5.41, 5.74) is 4.52. The highest BCUT2D eigenvalue weighted by Crippen LogP contribution is 2.24. The second-order valence-corrected chi connectivity index (χ2v) is 8.34. The lowest BCUT2D eigenvalue weighted by molar-refractivity contribution is 0.245. The number of aryl methyl sites for hydroxylation is 2. The molecule has 0 radical (unpaired) electrons. The minimum atomic E-state index is 0. The summed E-state index contributed by atoms with van der Waals surface area (Å²) in [7, 11) is 1.81. The monoisotopic (exact) mass is 559 g/mol. The molecule has 0 aliphatic carbocycles. The van der Waals surface area contributed by atoms with Gasteiger partial charge in [-0.3, -0.25) is 9.89 Å². The summed E-state index contributed by atoms with van der Waals surface area (Å²) in [4.78, 5) is 11.6. The molecule has 0 saturated carbocycles. The Hall–Kier alpha value is -2.46. The number of pyridine rings is 1. The van der Waals surface area contributed by atoms with E-state index in [0.29, 0.717) is 12.6 Å². The Kier molecular flexibility index (Phi) is 9.25. The lowest BCUT2D eigenvalue weighted by Crippen LogP contribution is -2.42. The topological polar surface area (TPSA) is 70.4 Å². The van der Waals surface area contributed by atoms with Gasteiger partial charge in [0.25, 0.3) is 0 Å². The van der Waals surface area contributed by atoms with Crippen molar-refractivity contribution < 1.29 is 0 Å². The van der Waals surface area contributed by atoms with Crippen LogP contribution in [-0.4, -0.2) is 52.3 Å². The number of benzene rings is 1. The number of aromatic nitrogens is 3. The zero-order valence-corrected chi connectivity index (χ0v) is 22.0. The smallest absolute Gasteiger partial charge is 0.191 e. The molecular weight excluding hydrogens is 525 g/mol. The maximum Gasteiger partial charge on any atom is 0.191 e. The van der Waals surface area contributed by atoms with E-state index in [9.17, 15) is 0 Å².